The van der Waals surface area contributed by atoms with E-state index < -0.39 is 6.17 Å². The van der Waals surface area contributed by atoms with E-state index in [9.17, 15) is 4.39 Å². The topological polar surface area (TPSA) is 24.3 Å². The highest BCUT2D eigenvalue weighted by atomic mass is 19.1. The third-order valence-corrected chi connectivity index (χ3v) is 6.64. The van der Waals surface area contributed by atoms with E-state index in [0.29, 0.717) is 12.8 Å². The van der Waals surface area contributed by atoms with E-state index in [1.54, 1.807) is 0 Å². The summed E-state index contributed by atoms with van der Waals surface area (Å²) in [4.78, 5) is 10.0. The van der Waals surface area contributed by atoms with Gasteiger partial charge in [0.1, 0.15) is 12.0 Å². The van der Waals surface area contributed by atoms with Gasteiger partial charge in [0, 0.05) is 51.7 Å². The molecule has 0 amide bonds. The zero-order chi connectivity index (χ0) is 17.5. The molecule has 5 heteroatoms. The van der Waals surface area contributed by atoms with Gasteiger partial charge in [0.05, 0.1) is 11.0 Å². The molecule has 140 valence electrons. The number of imidazole rings is 1. The Morgan fingerprint density at radius 2 is 1.85 bits per heavy atom. The predicted molar refractivity (Wildman–Crippen MR) is 102 cm³/mol. The zero-order valence-corrected chi connectivity index (χ0v) is 15.5. The number of rotatable bonds is 3. The van der Waals surface area contributed by atoms with Gasteiger partial charge in [-0.2, -0.15) is 0 Å². The van der Waals surface area contributed by atoms with Crippen molar-refractivity contribution in [3.63, 3.8) is 0 Å². The first-order chi connectivity index (χ1) is 12.8. The molecule has 26 heavy (non-hydrogen) atoms. The summed E-state index contributed by atoms with van der Waals surface area (Å²) in [6.07, 6.45) is 5.98. The first kappa shape index (κ1) is 16.7. The molecule has 1 saturated carbocycles. The summed E-state index contributed by atoms with van der Waals surface area (Å²) in [5.41, 5.74) is 3.72. The molecular weight excluding hydrogens is 327 g/mol. The summed E-state index contributed by atoms with van der Waals surface area (Å²) in [6.45, 7) is 6.03. The molecule has 5 rings (SSSR count). The average molecular weight is 356 g/mol. The number of likely N-dealkylation sites (tertiary alicyclic amines) is 1. The summed E-state index contributed by atoms with van der Waals surface area (Å²) in [7, 11) is 0. The van der Waals surface area contributed by atoms with Crippen LogP contribution in [0.4, 0.5) is 4.39 Å². The molecule has 0 spiro atoms. The van der Waals surface area contributed by atoms with Crippen LogP contribution in [0.5, 0.6) is 0 Å². The molecule has 2 aromatic rings. The lowest BCUT2D eigenvalue weighted by Gasteiger charge is -2.36. The van der Waals surface area contributed by atoms with Crippen LogP contribution in [-0.4, -0.2) is 57.7 Å². The van der Waals surface area contributed by atoms with E-state index in [1.165, 1.54) is 36.2 Å². The Labute approximate surface area is 155 Å². The van der Waals surface area contributed by atoms with E-state index in [2.05, 4.69) is 32.6 Å². The van der Waals surface area contributed by atoms with E-state index in [0.717, 1.165) is 57.2 Å². The molecule has 4 nitrogen and oxygen atoms in total. The van der Waals surface area contributed by atoms with E-state index >= 15 is 0 Å². The fourth-order valence-electron chi connectivity index (χ4n) is 4.78. The van der Waals surface area contributed by atoms with Crippen molar-refractivity contribution in [2.45, 2.75) is 63.8 Å². The fourth-order valence-corrected chi connectivity index (χ4v) is 4.78. The second-order valence-corrected chi connectivity index (χ2v) is 8.32. The Morgan fingerprint density at radius 3 is 2.62 bits per heavy atom. The first-order valence-electron chi connectivity index (χ1n) is 10.3. The van der Waals surface area contributed by atoms with Gasteiger partial charge in [-0.1, -0.05) is 12.5 Å². The SMILES string of the molecule is FC1CCN(Cc2ccc3c(c2)nc2n3CCN(C3CCC3)CC2)CC1. The number of hydrogen-bond donors (Lipinski definition) is 0. The van der Waals surface area contributed by atoms with E-state index in [-0.39, 0.29) is 0 Å². The normalized spacial score (nSPS) is 23.7. The van der Waals surface area contributed by atoms with Gasteiger partial charge in [-0.3, -0.25) is 9.80 Å². The van der Waals surface area contributed by atoms with E-state index in [1.807, 2.05) is 0 Å². The van der Waals surface area contributed by atoms with Crippen molar-refractivity contribution in [1.82, 2.24) is 19.4 Å². The molecule has 0 N–H and O–H groups in total. The van der Waals surface area contributed by atoms with Crippen molar-refractivity contribution in [3.05, 3.63) is 29.6 Å². The van der Waals surface area contributed by atoms with Crippen LogP contribution in [0.2, 0.25) is 0 Å². The number of alkyl halides is 1. The highest BCUT2D eigenvalue weighted by molar-refractivity contribution is 5.77. The number of benzene rings is 1. The summed E-state index contributed by atoms with van der Waals surface area (Å²) >= 11 is 0. The average Bonchev–Trinajstić information content (AvgIpc) is 2.82. The monoisotopic (exact) mass is 356 g/mol. The van der Waals surface area contributed by atoms with Gasteiger partial charge in [0.15, 0.2) is 0 Å². The number of piperidine rings is 1. The van der Waals surface area contributed by atoms with Gasteiger partial charge in [-0.15, -0.1) is 0 Å². The molecule has 0 radical (unpaired) electrons. The largest absolute Gasteiger partial charge is 0.327 e. The lowest BCUT2D eigenvalue weighted by molar-refractivity contribution is 0.130. The molecule has 0 unspecified atom stereocenters. The Morgan fingerprint density at radius 1 is 1.00 bits per heavy atom. The molecular formula is C21H29FN4. The van der Waals surface area contributed by atoms with Gasteiger partial charge in [-0.05, 0) is 43.4 Å². The minimum Gasteiger partial charge on any atom is -0.327 e. The number of halogens is 1. The number of aromatic nitrogens is 2. The molecule has 1 saturated heterocycles. The molecule has 2 fully saturated rings. The molecule has 1 aromatic heterocycles. The molecule has 0 bridgehead atoms. The van der Waals surface area contributed by atoms with E-state index in [4.69, 9.17) is 4.98 Å². The minimum absolute atomic E-state index is 0.600. The van der Waals surface area contributed by atoms with Gasteiger partial charge in [0.25, 0.3) is 0 Å². The second-order valence-electron chi connectivity index (χ2n) is 8.32. The van der Waals surface area contributed by atoms with Crippen LogP contribution in [0.25, 0.3) is 11.0 Å². The lowest BCUT2D eigenvalue weighted by atomic mass is 9.91. The smallest absolute Gasteiger partial charge is 0.111 e. The Bertz CT molecular complexity index is 774. The first-order valence-corrected chi connectivity index (χ1v) is 10.3. The van der Waals surface area contributed by atoms with Crippen LogP contribution >= 0.6 is 0 Å². The molecule has 2 aliphatic heterocycles. The molecule has 1 aliphatic carbocycles. The molecule has 0 atom stereocenters. The Balaban J connectivity index is 1.32. The minimum atomic E-state index is -0.600. The van der Waals surface area contributed by atoms with Crippen LogP contribution < -0.4 is 0 Å². The van der Waals surface area contributed by atoms with Gasteiger partial charge >= 0.3 is 0 Å². The quantitative estimate of drug-likeness (QED) is 0.843. The maximum atomic E-state index is 13.3. The summed E-state index contributed by atoms with van der Waals surface area (Å²) in [5, 5.41) is 0. The van der Waals surface area contributed by atoms with Crippen LogP contribution in [0.15, 0.2) is 18.2 Å². The molecule has 3 aliphatic rings. The third kappa shape index (κ3) is 3.16. The van der Waals surface area contributed by atoms with Crippen molar-refractivity contribution < 1.29 is 4.39 Å². The van der Waals surface area contributed by atoms with Crippen molar-refractivity contribution in [3.8, 4) is 0 Å². The Hall–Kier alpha value is -1.46. The van der Waals surface area contributed by atoms with Crippen molar-refractivity contribution in [1.29, 1.82) is 0 Å². The van der Waals surface area contributed by atoms with Crippen LogP contribution in [-0.2, 0) is 19.5 Å². The number of hydrogen-bond acceptors (Lipinski definition) is 3. The summed E-state index contributed by atoms with van der Waals surface area (Å²) in [5.74, 6) is 1.25. The highest BCUT2D eigenvalue weighted by Crippen LogP contribution is 2.28. The van der Waals surface area contributed by atoms with Gasteiger partial charge < -0.3 is 4.57 Å². The predicted octanol–water partition coefficient (Wildman–Crippen LogP) is 3.38. The van der Waals surface area contributed by atoms with Crippen molar-refractivity contribution in [2.24, 2.45) is 0 Å². The standard InChI is InChI=1S/C21H29FN4/c22-17-6-9-24(10-7-17)15-16-4-5-20-19(14-16)23-21-8-11-25(12-13-26(20)21)18-2-1-3-18/h4-5,14,17-18H,1-3,6-13,15H2. The molecule has 1 aromatic carbocycles. The maximum Gasteiger partial charge on any atom is 0.111 e. The lowest BCUT2D eigenvalue weighted by Crippen LogP contribution is -2.41. The molecule has 3 heterocycles. The summed E-state index contributed by atoms with van der Waals surface area (Å²) < 4.78 is 15.8. The van der Waals surface area contributed by atoms with Gasteiger partial charge in [0.2, 0.25) is 0 Å². The highest BCUT2D eigenvalue weighted by Gasteiger charge is 2.27. The maximum absolute atomic E-state index is 13.3. The third-order valence-electron chi connectivity index (χ3n) is 6.64. The zero-order valence-electron chi connectivity index (χ0n) is 15.5. The number of fused-ring (bicyclic) bond motifs is 3. The Kier molecular flexibility index (Phi) is 4.45. The second kappa shape index (κ2) is 6.93. The summed E-state index contributed by atoms with van der Waals surface area (Å²) in [6, 6.07) is 7.57. The van der Waals surface area contributed by atoms with Crippen LogP contribution in [0.1, 0.15) is 43.5 Å². The van der Waals surface area contributed by atoms with Gasteiger partial charge in [-0.25, -0.2) is 9.37 Å². The number of nitrogens with zero attached hydrogens (tertiary/aromatic N) is 4. The van der Waals surface area contributed by atoms with Crippen LogP contribution in [0, 0.1) is 0 Å². The van der Waals surface area contributed by atoms with Crippen molar-refractivity contribution >= 4 is 11.0 Å². The fraction of sp³-hybridized carbons (Fsp3) is 0.667. The van der Waals surface area contributed by atoms with Crippen molar-refractivity contribution in [2.75, 3.05) is 26.2 Å². The van der Waals surface area contributed by atoms with Crippen LogP contribution in [0.3, 0.4) is 0 Å².